The van der Waals surface area contributed by atoms with E-state index in [2.05, 4.69) is 97.8 Å². The molecule has 0 heterocycles. The van der Waals surface area contributed by atoms with Crippen LogP contribution < -0.4 is 0 Å². The van der Waals surface area contributed by atoms with Gasteiger partial charge in [0.25, 0.3) is 0 Å². The number of rotatable bonds is 4. The van der Waals surface area contributed by atoms with Gasteiger partial charge in [0.15, 0.2) is 0 Å². The molecular weight excluding hydrogens is 324 g/mol. The molecule has 0 spiro atoms. The summed E-state index contributed by atoms with van der Waals surface area (Å²) >= 11 is 0. The molecule has 1 nitrogen and oxygen atoms in total. The van der Waals surface area contributed by atoms with E-state index in [1.54, 1.807) is 0 Å². The van der Waals surface area contributed by atoms with Crippen molar-refractivity contribution in [2.75, 3.05) is 0 Å². The highest BCUT2D eigenvalue weighted by molar-refractivity contribution is 6.83. The highest BCUT2D eigenvalue weighted by atomic mass is 28.3. The largest absolute Gasteiger partial charge is 0.408 e. The Morgan fingerprint density at radius 3 is 2.08 bits per heavy atom. The highest BCUT2D eigenvalue weighted by Gasteiger charge is 2.28. The lowest BCUT2D eigenvalue weighted by molar-refractivity contribution is 0.108. The average molecular weight is 359 g/mol. The maximum absolute atomic E-state index is 6.32. The Bertz CT molecular complexity index is 620. The van der Waals surface area contributed by atoms with E-state index in [1.165, 1.54) is 11.1 Å². The molecule has 3 heteroatoms. The SMILES string of the molecule is CC(C)c1cc(C#C[Si](C)(C)C)ccc1C(C)(C)O[Si]C(C)(C)C. The average Bonchev–Trinajstić information content (AvgIpc) is 2.41. The molecule has 0 aliphatic rings. The third-order valence-electron chi connectivity index (χ3n) is 3.52. The van der Waals surface area contributed by atoms with Crippen LogP contribution in [0, 0.1) is 11.5 Å². The van der Waals surface area contributed by atoms with Crippen LogP contribution in [-0.2, 0) is 10.0 Å². The Morgan fingerprint density at radius 2 is 1.62 bits per heavy atom. The van der Waals surface area contributed by atoms with Gasteiger partial charge >= 0.3 is 0 Å². The lowest BCUT2D eigenvalue weighted by atomic mass is 9.87. The Balaban J connectivity index is 3.21. The molecule has 0 aliphatic heterocycles. The molecule has 0 aliphatic carbocycles. The maximum Gasteiger partial charge on any atom is 0.236 e. The summed E-state index contributed by atoms with van der Waals surface area (Å²) in [5, 5.41) is 0.192. The summed E-state index contributed by atoms with van der Waals surface area (Å²) in [7, 11) is -0.877. The fourth-order valence-electron chi connectivity index (χ4n) is 2.26. The van der Waals surface area contributed by atoms with E-state index in [-0.39, 0.29) is 10.6 Å². The first kappa shape index (κ1) is 21.2. The molecule has 0 unspecified atom stereocenters. The maximum atomic E-state index is 6.32. The monoisotopic (exact) mass is 358 g/mol. The molecule has 0 saturated carbocycles. The van der Waals surface area contributed by atoms with Gasteiger partial charge < -0.3 is 4.43 Å². The van der Waals surface area contributed by atoms with Crippen molar-refractivity contribution in [2.45, 2.75) is 84.7 Å². The van der Waals surface area contributed by atoms with Gasteiger partial charge in [-0.05, 0) is 48.1 Å². The normalized spacial score (nSPS) is 13.0. The van der Waals surface area contributed by atoms with Crippen LogP contribution in [-0.4, -0.2) is 17.8 Å². The predicted molar refractivity (Wildman–Crippen MR) is 110 cm³/mol. The van der Waals surface area contributed by atoms with E-state index in [4.69, 9.17) is 4.43 Å². The molecule has 0 amide bonds. The van der Waals surface area contributed by atoms with Crippen LogP contribution in [0.15, 0.2) is 18.2 Å². The van der Waals surface area contributed by atoms with Crippen molar-refractivity contribution in [3.05, 3.63) is 34.9 Å². The molecular formula is C21H34OSi2. The van der Waals surface area contributed by atoms with Crippen molar-refractivity contribution in [3.63, 3.8) is 0 Å². The molecule has 1 aromatic rings. The molecule has 1 aromatic carbocycles. The van der Waals surface area contributed by atoms with Crippen molar-refractivity contribution in [1.29, 1.82) is 0 Å². The molecule has 0 bridgehead atoms. The van der Waals surface area contributed by atoms with Gasteiger partial charge in [-0.1, -0.05) is 66.2 Å². The van der Waals surface area contributed by atoms with E-state index in [1.807, 2.05) is 0 Å². The first-order valence-corrected chi connectivity index (χ1v) is 13.2. The zero-order chi connectivity index (χ0) is 18.8. The minimum atomic E-state index is -1.35. The molecule has 0 N–H and O–H groups in total. The Hall–Kier alpha value is -0.826. The summed E-state index contributed by atoms with van der Waals surface area (Å²) in [5.74, 6) is 3.84. The minimum absolute atomic E-state index is 0.192. The molecule has 1 rings (SSSR count). The highest BCUT2D eigenvalue weighted by Crippen LogP contribution is 2.34. The summed E-state index contributed by atoms with van der Waals surface area (Å²) in [4.78, 5) is 0. The first-order chi connectivity index (χ1) is 10.7. The third-order valence-corrected chi connectivity index (χ3v) is 5.62. The number of hydrogen-bond donors (Lipinski definition) is 0. The smallest absolute Gasteiger partial charge is 0.236 e. The lowest BCUT2D eigenvalue weighted by Gasteiger charge is -2.32. The quantitative estimate of drug-likeness (QED) is 0.465. The fourth-order valence-corrected chi connectivity index (χ4v) is 3.45. The van der Waals surface area contributed by atoms with Crippen LogP contribution in [0.25, 0.3) is 0 Å². The van der Waals surface area contributed by atoms with Gasteiger partial charge in [-0.25, -0.2) is 0 Å². The van der Waals surface area contributed by atoms with Gasteiger partial charge in [-0.2, -0.15) is 0 Å². The standard InChI is InChI=1S/C21H34OSi2/c1-16(2)18-15-17(13-14-24(8,9)10)11-12-19(18)21(6,7)22-23-20(3,4)5/h11-12,15-16H,1-10H3. The second-order valence-electron chi connectivity index (χ2n) is 9.42. The molecule has 0 aromatic heterocycles. The zero-order valence-electron chi connectivity index (χ0n) is 17.2. The molecule has 0 atom stereocenters. The number of benzene rings is 1. The van der Waals surface area contributed by atoms with E-state index in [9.17, 15) is 0 Å². The predicted octanol–water partition coefficient (Wildman–Crippen LogP) is 6.13. The Kier molecular flexibility index (Phi) is 6.72. The van der Waals surface area contributed by atoms with E-state index >= 15 is 0 Å². The summed E-state index contributed by atoms with van der Waals surface area (Å²) in [6.45, 7) is 22.4. The van der Waals surface area contributed by atoms with Crippen LogP contribution in [0.1, 0.15) is 71.1 Å². The molecule has 0 fully saturated rings. The van der Waals surface area contributed by atoms with Gasteiger partial charge in [0.1, 0.15) is 8.07 Å². The van der Waals surface area contributed by atoms with Gasteiger partial charge in [0.05, 0.1) is 5.60 Å². The van der Waals surface area contributed by atoms with Gasteiger partial charge in [0, 0.05) is 5.56 Å². The van der Waals surface area contributed by atoms with Gasteiger partial charge in [-0.3, -0.25) is 0 Å². The fraction of sp³-hybridized carbons (Fsp3) is 0.619. The summed E-state index contributed by atoms with van der Waals surface area (Å²) < 4.78 is 6.32. The van der Waals surface area contributed by atoms with Gasteiger partial charge in [0.2, 0.25) is 9.76 Å². The minimum Gasteiger partial charge on any atom is -0.408 e. The van der Waals surface area contributed by atoms with Crippen LogP contribution in [0.4, 0.5) is 0 Å². The van der Waals surface area contributed by atoms with Crippen molar-refractivity contribution in [2.24, 2.45) is 0 Å². The zero-order valence-corrected chi connectivity index (χ0v) is 19.2. The molecule has 132 valence electrons. The molecule has 2 radical (unpaired) electrons. The van der Waals surface area contributed by atoms with E-state index < -0.39 is 8.07 Å². The number of hydrogen-bond acceptors (Lipinski definition) is 1. The van der Waals surface area contributed by atoms with Crippen LogP contribution in [0.2, 0.25) is 24.7 Å². The first-order valence-electron chi connectivity index (χ1n) is 8.84. The van der Waals surface area contributed by atoms with Crippen molar-refractivity contribution in [3.8, 4) is 11.5 Å². The van der Waals surface area contributed by atoms with Crippen LogP contribution in [0.5, 0.6) is 0 Å². The van der Waals surface area contributed by atoms with E-state index in [0.29, 0.717) is 15.7 Å². The van der Waals surface area contributed by atoms with Crippen LogP contribution in [0.3, 0.4) is 0 Å². The Labute approximate surface area is 153 Å². The van der Waals surface area contributed by atoms with Crippen molar-refractivity contribution < 1.29 is 4.43 Å². The summed E-state index contributed by atoms with van der Waals surface area (Å²) in [6.07, 6.45) is 0. The van der Waals surface area contributed by atoms with Gasteiger partial charge in [-0.15, -0.1) is 5.54 Å². The van der Waals surface area contributed by atoms with Crippen molar-refractivity contribution >= 4 is 17.8 Å². The molecule has 24 heavy (non-hydrogen) atoms. The topological polar surface area (TPSA) is 9.23 Å². The molecule has 0 saturated heterocycles. The third kappa shape index (κ3) is 6.97. The summed E-state index contributed by atoms with van der Waals surface area (Å²) in [5.41, 5.74) is 6.94. The lowest BCUT2D eigenvalue weighted by Crippen LogP contribution is -2.29. The summed E-state index contributed by atoms with van der Waals surface area (Å²) in [6, 6.07) is 6.63. The second kappa shape index (κ2) is 7.60. The van der Waals surface area contributed by atoms with Crippen molar-refractivity contribution in [1.82, 2.24) is 0 Å². The Morgan fingerprint density at radius 1 is 1.04 bits per heavy atom. The van der Waals surface area contributed by atoms with E-state index in [0.717, 1.165) is 5.56 Å². The van der Waals surface area contributed by atoms with Crippen LogP contribution >= 0.6 is 0 Å². The second-order valence-corrected chi connectivity index (χ2v) is 16.1.